The summed E-state index contributed by atoms with van der Waals surface area (Å²) in [5.74, 6) is 0.0166. The molecular weight excluding hydrogens is 258 g/mol. The Kier molecular flexibility index (Phi) is 4.58. The second-order valence-corrected chi connectivity index (χ2v) is 5.00. The van der Waals surface area contributed by atoms with Crippen molar-refractivity contribution in [2.75, 3.05) is 0 Å². The fourth-order valence-corrected chi connectivity index (χ4v) is 1.88. The van der Waals surface area contributed by atoms with Crippen molar-refractivity contribution >= 4 is 17.5 Å². The van der Waals surface area contributed by atoms with Gasteiger partial charge in [-0.05, 0) is 30.2 Å². The molecule has 0 heterocycles. The molecular formula is C16H16ClNO. The van der Waals surface area contributed by atoms with E-state index in [1.54, 1.807) is 12.1 Å². The standard InChI is InChI=1S/C16H16ClNO/c1-12-2-4-14(5-3-12)11-18-16(19)10-13-6-8-15(17)9-7-13/h2-9H,10-11H2,1H3,(H,18,19). The van der Waals surface area contributed by atoms with Crippen LogP contribution < -0.4 is 5.32 Å². The zero-order valence-electron chi connectivity index (χ0n) is 10.8. The Morgan fingerprint density at radius 3 is 2.21 bits per heavy atom. The minimum Gasteiger partial charge on any atom is -0.352 e. The van der Waals surface area contributed by atoms with E-state index in [-0.39, 0.29) is 5.91 Å². The highest BCUT2D eigenvalue weighted by Gasteiger charge is 2.03. The number of hydrogen-bond donors (Lipinski definition) is 1. The predicted molar refractivity (Wildman–Crippen MR) is 78.2 cm³/mol. The maximum Gasteiger partial charge on any atom is 0.224 e. The molecule has 0 atom stereocenters. The highest BCUT2D eigenvalue weighted by atomic mass is 35.5. The van der Waals surface area contributed by atoms with Crippen LogP contribution in [0, 0.1) is 6.92 Å². The molecule has 0 unspecified atom stereocenters. The molecule has 0 fully saturated rings. The molecule has 0 saturated heterocycles. The third kappa shape index (κ3) is 4.42. The second-order valence-electron chi connectivity index (χ2n) is 4.57. The van der Waals surface area contributed by atoms with Crippen molar-refractivity contribution in [3.8, 4) is 0 Å². The van der Waals surface area contributed by atoms with E-state index in [9.17, 15) is 4.79 Å². The normalized spacial score (nSPS) is 10.2. The molecule has 1 N–H and O–H groups in total. The van der Waals surface area contributed by atoms with Gasteiger partial charge in [-0.2, -0.15) is 0 Å². The quantitative estimate of drug-likeness (QED) is 0.907. The Hall–Kier alpha value is -1.80. The number of amides is 1. The summed E-state index contributed by atoms with van der Waals surface area (Å²) in [7, 11) is 0. The van der Waals surface area contributed by atoms with Crippen LogP contribution in [0.3, 0.4) is 0 Å². The lowest BCUT2D eigenvalue weighted by molar-refractivity contribution is -0.120. The third-order valence-electron chi connectivity index (χ3n) is 2.89. The molecule has 2 rings (SSSR count). The molecule has 0 spiro atoms. The van der Waals surface area contributed by atoms with Crippen LogP contribution in [0.25, 0.3) is 0 Å². The molecule has 1 amide bonds. The fraction of sp³-hybridized carbons (Fsp3) is 0.188. The van der Waals surface area contributed by atoms with E-state index in [2.05, 4.69) is 5.32 Å². The number of carbonyl (C=O) groups is 1. The van der Waals surface area contributed by atoms with E-state index in [1.165, 1.54) is 5.56 Å². The fourth-order valence-electron chi connectivity index (χ4n) is 1.76. The maximum absolute atomic E-state index is 11.8. The van der Waals surface area contributed by atoms with Crippen LogP contribution in [0.5, 0.6) is 0 Å². The molecule has 2 aromatic carbocycles. The molecule has 0 aliphatic heterocycles. The minimum atomic E-state index is 0.0166. The molecule has 0 radical (unpaired) electrons. The van der Waals surface area contributed by atoms with Crippen LogP contribution in [-0.2, 0) is 17.8 Å². The molecule has 0 aliphatic carbocycles. The van der Waals surface area contributed by atoms with Crippen LogP contribution in [0.15, 0.2) is 48.5 Å². The highest BCUT2D eigenvalue weighted by molar-refractivity contribution is 6.30. The average molecular weight is 274 g/mol. The summed E-state index contributed by atoms with van der Waals surface area (Å²) in [6, 6.07) is 15.5. The van der Waals surface area contributed by atoms with Gasteiger partial charge >= 0.3 is 0 Å². The smallest absolute Gasteiger partial charge is 0.224 e. The van der Waals surface area contributed by atoms with Gasteiger partial charge in [-0.25, -0.2) is 0 Å². The summed E-state index contributed by atoms with van der Waals surface area (Å²) in [6.45, 7) is 2.61. The summed E-state index contributed by atoms with van der Waals surface area (Å²) in [5, 5.41) is 3.59. The maximum atomic E-state index is 11.8. The Labute approximate surface area is 118 Å². The number of hydrogen-bond acceptors (Lipinski definition) is 1. The van der Waals surface area contributed by atoms with Crippen LogP contribution in [0.1, 0.15) is 16.7 Å². The van der Waals surface area contributed by atoms with E-state index in [0.29, 0.717) is 18.0 Å². The van der Waals surface area contributed by atoms with E-state index < -0.39 is 0 Å². The molecule has 3 heteroatoms. The van der Waals surface area contributed by atoms with Gasteiger partial charge in [0.1, 0.15) is 0 Å². The lowest BCUT2D eigenvalue weighted by atomic mass is 10.1. The topological polar surface area (TPSA) is 29.1 Å². The summed E-state index contributed by atoms with van der Waals surface area (Å²) in [6.07, 6.45) is 0.378. The van der Waals surface area contributed by atoms with Gasteiger partial charge in [-0.1, -0.05) is 53.6 Å². The summed E-state index contributed by atoms with van der Waals surface area (Å²) >= 11 is 5.80. The van der Waals surface area contributed by atoms with Gasteiger partial charge in [-0.15, -0.1) is 0 Å². The van der Waals surface area contributed by atoms with Crippen molar-refractivity contribution in [2.24, 2.45) is 0 Å². The first kappa shape index (κ1) is 13.6. The molecule has 0 saturated carbocycles. The van der Waals surface area contributed by atoms with Crippen molar-refractivity contribution < 1.29 is 4.79 Å². The van der Waals surface area contributed by atoms with E-state index in [1.807, 2.05) is 43.3 Å². The van der Waals surface area contributed by atoms with Crippen LogP contribution in [0.2, 0.25) is 5.02 Å². The Bertz CT molecular complexity index is 546. The zero-order chi connectivity index (χ0) is 13.7. The molecule has 2 aromatic rings. The number of halogens is 1. The van der Waals surface area contributed by atoms with Gasteiger partial charge in [0.05, 0.1) is 6.42 Å². The number of carbonyl (C=O) groups excluding carboxylic acids is 1. The number of benzene rings is 2. The van der Waals surface area contributed by atoms with E-state index in [4.69, 9.17) is 11.6 Å². The van der Waals surface area contributed by atoms with Crippen molar-refractivity contribution in [3.63, 3.8) is 0 Å². The molecule has 98 valence electrons. The van der Waals surface area contributed by atoms with Crippen molar-refractivity contribution in [3.05, 3.63) is 70.2 Å². The molecule has 0 aromatic heterocycles. The number of nitrogens with one attached hydrogen (secondary N) is 1. The van der Waals surface area contributed by atoms with E-state index in [0.717, 1.165) is 11.1 Å². The average Bonchev–Trinajstić information content (AvgIpc) is 2.41. The van der Waals surface area contributed by atoms with E-state index >= 15 is 0 Å². The van der Waals surface area contributed by atoms with Crippen LogP contribution in [0.4, 0.5) is 0 Å². The van der Waals surface area contributed by atoms with Crippen molar-refractivity contribution in [1.82, 2.24) is 5.32 Å². The van der Waals surface area contributed by atoms with Gasteiger partial charge < -0.3 is 5.32 Å². The second kappa shape index (κ2) is 6.39. The first-order valence-electron chi connectivity index (χ1n) is 6.20. The highest BCUT2D eigenvalue weighted by Crippen LogP contribution is 2.10. The summed E-state index contributed by atoms with van der Waals surface area (Å²) in [5.41, 5.74) is 3.29. The van der Waals surface area contributed by atoms with Gasteiger partial charge in [0, 0.05) is 11.6 Å². The Morgan fingerprint density at radius 2 is 1.58 bits per heavy atom. The minimum absolute atomic E-state index is 0.0166. The molecule has 2 nitrogen and oxygen atoms in total. The molecule has 19 heavy (non-hydrogen) atoms. The van der Waals surface area contributed by atoms with Gasteiger partial charge in [0.25, 0.3) is 0 Å². The van der Waals surface area contributed by atoms with Crippen LogP contribution >= 0.6 is 11.6 Å². The lowest BCUT2D eigenvalue weighted by Crippen LogP contribution is -2.24. The number of aryl methyl sites for hydroxylation is 1. The number of rotatable bonds is 4. The largest absolute Gasteiger partial charge is 0.352 e. The lowest BCUT2D eigenvalue weighted by Gasteiger charge is -2.06. The summed E-state index contributed by atoms with van der Waals surface area (Å²) in [4.78, 5) is 11.8. The monoisotopic (exact) mass is 273 g/mol. The van der Waals surface area contributed by atoms with Crippen molar-refractivity contribution in [1.29, 1.82) is 0 Å². The predicted octanol–water partition coefficient (Wildman–Crippen LogP) is 3.51. The Balaban J connectivity index is 1.84. The SMILES string of the molecule is Cc1ccc(CNC(=O)Cc2ccc(Cl)cc2)cc1. The van der Waals surface area contributed by atoms with Gasteiger partial charge in [0.15, 0.2) is 0 Å². The molecule has 0 bridgehead atoms. The first-order valence-corrected chi connectivity index (χ1v) is 6.58. The summed E-state index contributed by atoms with van der Waals surface area (Å²) < 4.78 is 0. The first-order chi connectivity index (χ1) is 9.13. The Morgan fingerprint density at radius 1 is 1.00 bits per heavy atom. The van der Waals surface area contributed by atoms with Gasteiger partial charge in [0.2, 0.25) is 5.91 Å². The molecule has 0 aliphatic rings. The van der Waals surface area contributed by atoms with Gasteiger partial charge in [-0.3, -0.25) is 4.79 Å². The van der Waals surface area contributed by atoms with Crippen LogP contribution in [-0.4, -0.2) is 5.91 Å². The zero-order valence-corrected chi connectivity index (χ0v) is 11.6. The van der Waals surface area contributed by atoms with Crippen molar-refractivity contribution in [2.45, 2.75) is 19.9 Å². The third-order valence-corrected chi connectivity index (χ3v) is 3.14.